The molecular formula is C19H24BrIN4O3. The standard InChI is InChI=1S/C19H23BrN4O3.HI/c1-21-19(24-15-7-8-16(26-2)17(12-15)27-3)23-10-9-22-18(25)13-5-4-6-14(20)11-13;/h4-8,11-12H,9-10H2,1-3H3,(H,22,25)(H2,21,23,24);1H. The van der Waals surface area contributed by atoms with Gasteiger partial charge in [0, 0.05) is 41.9 Å². The van der Waals surface area contributed by atoms with E-state index in [4.69, 9.17) is 9.47 Å². The van der Waals surface area contributed by atoms with Crippen molar-refractivity contribution in [3.8, 4) is 11.5 Å². The van der Waals surface area contributed by atoms with Gasteiger partial charge in [0.2, 0.25) is 0 Å². The van der Waals surface area contributed by atoms with Gasteiger partial charge in [-0.25, -0.2) is 0 Å². The highest BCUT2D eigenvalue weighted by Gasteiger charge is 2.07. The lowest BCUT2D eigenvalue weighted by molar-refractivity contribution is 0.0954. The number of amides is 1. The molecule has 2 aromatic carbocycles. The van der Waals surface area contributed by atoms with Gasteiger partial charge in [-0.3, -0.25) is 9.79 Å². The van der Waals surface area contributed by atoms with Crippen molar-refractivity contribution in [1.82, 2.24) is 10.6 Å². The lowest BCUT2D eigenvalue weighted by Gasteiger charge is -2.14. The Balaban J connectivity index is 0.00000392. The fraction of sp³-hybridized carbons (Fsp3) is 0.263. The lowest BCUT2D eigenvalue weighted by Crippen LogP contribution is -2.37. The minimum absolute atomic E-state index is 0. The number of halogens is 2. The molecule has 3 N–H and O–H groups in total. The Morgan fingerprint density at radius 3 is 2.39 bits per heavy atom. The number of carbonyl (C=O) groups is 1. The van der Waals surface area contributed by atoms with E-state index in [1.807, 2.05) is 30.3 Å². The van der Waals surface area contributed by atoms with Crippen LogP contribution in [0.15, 0.2) is 51.9 Å². The van der Waals surface area contributed by atoms with Crippen molar-refractivity contribution in [2.24, 2.45) is 4.99 Å². The van der Waals surface area contributed by atoms with E-state index in [0.717, 1.165) is 10.2 Å². The molecule has 0 aliphatic heterocycles. The Kier molecular flexibility index (Phi) is 10.7. The van der Waals surface area contributed by atoms with Gasteiger partial charge in [0.15, 0.2) is 17.5 Å². The van der Waals surface area contributed by atoms with Gasteiger partial charge in [0.05, 0.1) is 14.2 Å². The third kappa shape index (κ3) is 7.19. The summed E-state index contributed by atoms with van der Waals surface area (Å²) in [5.41, 5.74) is 1.41. The number of rotatable bonds is 7. The van der Waals surface area contributed by atoms with Crippen LogP contribution in [0.3, 0.4) is 0 Å². The number of methoxy groups -OCH3 is 2. The number of guanidine groups is 1. The largest absolute Gasteiger partial charge is 0.493 e. The highest BCUT2D eigenvalue weighted by atomic mass is 127. The SMILES string of the molecule is CN=C(NCCNC(=O)c1cccc(Br)c1)Nc1ccc(OC)c(OC)c1.I. The maximum atomic E-state index is 12.1. The predicted octanol–water partition coefficient (Wildman–Crippen LogP) is 3.50. The zero-order valence-corrected chi connectivity index (χ0v) is 19.8. The van der Waals surface area contributed by atoms with Gasteiger partial charge in [-0.1, -0.05) is 22.0 Å². The zero-order chi connectivity index (χ0) is 19.6. The maximum Gasteiger partial charge on any atom is 0.251 e. The molecule has 0 aliphatic rings. The fourth-order valence-electron chi connectivity index (χ4n) is 2.32. The summed E-state index contributed by atoms with van der Waals surface area (Å²) in [6.45, 7) is 0.977. The number of nitrogens with one attached hydrogen (secondary N) is 3. The van der Waals surface area contributed by atoms with Gasteiger partial charge >= 0.3 is 0 Å². The summed E-state index contributed by atoms with van der Waals surface area (Å²) in [5, 5.41) is 9.17. The molecule has 0 spiro atoms. The Bertz CT molecular complexity index is 818. The summed E-state index contributed by atoms with van der Waals surface area (Å²) >= 11 is 3.36. The molecule has 7 nitrogen and oxygen atoms in total. The molecule has 0 fully saturated rings. The summed E-state index contributed by atoms with van der Waals surface area (Å²) in [5.74, 6) is 1.74. The summed E-state index contributed by atoms with van der Waals surface area (Å²) < 4.78 is 11.4. The van der Waals surface area contributed by atoms with Crippen LogP contribution in [-0.2, 0) is 0 Å². The average molecular weight is 563 g/mol. The summed E-state index contributed by atoms with van der Waals surface area (Å²) in [6, 6.07) is 12.7. The summed E-state index contributed by atoms with van der Waals surface area (Å²) in [6.07, 6.45) is 0. The van der Waals surface area contributed by atoms with Crippen molar-refractivity contribution >= 4 is 57.5 Å². The molecule has 0 aliphatic carbocycles. The van der Waals surface area contributed by atoms with Crippen LogP contribution >= 0.6 is 39.9 Å². The molecule has 0 atom stereocenters. The predicted molar refractivity (Wildman–Crippen MR) is 126 cm³/mol. The van der Waals surface area contributed by atoms with E-state index in [0.29, 0.717) is 36.1 Å². The number of nitrogens with zero attached hydrogens (tertiary/aromatic N) is 1. The molecule has 2 rings (SSSR count). The van der Waals surface area contributed by atoms with Gasteiger partial charge < -0.3 is 25.4 Å². The van der Waals surface area contributed by atoms with Crippen LogP contribution in [0.25, 0.3) is 0 Å². The molecule has 0 saturated carbocycles. The molecule has 0 radical (unpaired) electrons. The van der Waals surface area contributed by atoms with E-state index in [9.17, 15) is 4.79 Å². The molecule has 2 aromatic rings. The van der Waals surface area contributed by atoms with E-state index < -0.39 is 0 Å². The number of carbonyl (C=O) groups excluding carboxylic acids is 1. The Labute approximate surface area is 190 Å². The van der Waals surface area contributed by atoms with E-state index in [1.165, 1.54) is 0 Å². The summed E-state index contributed by atoms with van der Waals surface area (Å²) in [7, 11) is 4.85. The van der Waals surface area contributed by atoms with Gasteiger partial charge in [-0.05, 0) is 30.3 Å². The summed E-state index contributed by atoms with van der Waals surface area (Å²) in [4.78, 5) is 16.3. The quantitative estimate of drug-likeness (QED) is 0.208. The number of hydrogen-bond donors (Lipinski definition) is 3. The second-order valence-corrected chi connectivity index (χ2v) is 6.38. The van der Waals surface area contributed by atoms with Crippen molar-refractivity contribution in [3.05, 3.63) is 52.5 Å². The molecule has 1 amide bonds. The molecule has 0 heterocycles. The van der Waals surface area contributed by atoms with Crippen LogP contribution < -0.4 is 25.4 Å². The van der Waals surface area contributed by atoms with Crippen molar-refractivity contribution in [1.29, 1.82) is 0 Å². The minimum Gasteiger partial charge on any atom is -0.493 e. The zero-order valence-electron chi connectivity index (χ0n) is 15.9. The van der Waals surface area contributed by atoms with E-state index in [2.05, 4.69) is 36.9 Å². The third-order valence-electron chi connectivity index (χ3n) is 3.66. The smallest absolute Gasteiger partial charge is 0.251 e. The monoisotopic (exact) mass is 562 g/mol. The van der Waals surface area contributed by atoms with Gasteiger partial charge in [0.1, 0.15) is 0 Å². The second-order valence-electron chi connectivity index (χ2n) is 5.46. The Morgan fingerprint density at radius 2 is 1.75 bits per heavy atom. The van der Waals surface area contributed by atoms with E-state index >= 15 is 0 Å². The van der Waals surface area contributed by atoms with Crippen molar-refractivity contribution in [2.75, 3.05) is 39.7 Å². The first-order valence-corrected chi connectivity index (χ1v) is 9.10. The van der Waals surface area contributed by atoms with Crippen LogP contribution in [-0.4, -0.2) is 46.2 Å². The minimum atomic E-state index is -0.124. The first-order valence-electron chi connectivity index (χ1n) is 8.31. The Hall–Kier alpha value is -2.01. The van der Waals surface area contributed by atoms with Gasteiger partial charge in [0.25, 0.3) is 5.91 Å². The molecular weight excluding hydrogens is 539 g/mol. The van der Waals surface area contributed by atoms with Crippen molar-refractivity contribution < 1.29 is 14.3 Å². The fourth-order valence-corrected chi connectivity index (χ4v) is 2.72. The molecule has 0 unspecified atom stereocenters. The molecule has 0 saturated heterocycles. The van der Waals surface area contributed by atoms with Crippen LogP contribution in [0.2, 0.25) is 0 Å². The van der Waals surface area contributed by atoms with Crippen LogP contribution in [0.5, 0.6) is 11.5 Å². The molecule has 152 valence electrons. The molecule has 9 heteroatoms. The van der Waals surface area contributed by atoms with Crippen molar-refractivity contribution in [3.63, 3.8) is 0 Å². The lowest BCUT2D eigenvalue weighted by atomic mass is 10.2. The number of ether oxygens (including phenoxy) is 2. The second kappa shape index (κ2) is 12.4. The van der Waals surface area contributed by atoms with E-state index in [-0.39, 0.29) is 29.9 Å². The number of hydrogen-bond acceptors (Lipinski definition) is 4. The number of anilines is 1. The highest BCUT2D eigenvalue weighted by Crippen LogP contribution is 2.29. The highest BCUT2D eigenvalue weighted by molar-refractivity contribution is 14.0. The first-order chi connectivity index (χ1) is 13.1. The molecule has 0 bridgehead atoms. The normalized spacial score (nSPS) is 10.5. The van der Waals surface area contributed by atoms with E-state index in [1.54, 1.807) is 33.4 Å². The van der Waals surface area contributed by atoms with Crippen LogP contribution in [0.1, 0.15) is 10.4 Å². The van der Waals surface area contributed by atoms with Crippen molar-refractivity contribution in [2.45, 2.75) is 0 Å². The molecule has 0 aromatic heterocycles. The third-order valence-corrected chi connectivity index (χ3v) is 4.15. The first kappa shape index (κ1) is 24.0. The average Bonchev–Trinajstić information content (AvgIpc) is 2.69. The van der Waals surface area contributed by atoms with Crippen LogP contribution in [0, 0.1) is 0 Å². The van der Waals surface area contributed by atoms with Crippen LogP contribution in [0.4, 0.5) is 5.69 Å². The Morgan fingerprint density at radius 1 is 1.04 bits per heavy atom. The van der Waals surface area contributed by atoms with Gasteiger partial charge in [-0.15, -0.1) is 24.0 Å². The topological polar surface area (TPSA) is 84.0 Å². The maximum absolute atomic E-state index is 12.1. The number of benzene rings is 2. The number of aliphatic imine (C=N–C) groups is 1. The molecule has 28 heavy (non-hydrogen) atoms. The van der Waals surface area contributed by atoms with Gasteiger partial charge in [-0.2, -0.15) is 0 Å².